The summed E-state index contributed by atoms with van der Waals surface area (Å²) in [7, 11) is 0. The quantitative estimate of drug-likeness (QED) is 0.0228. The highest BCUT2D eigenvalue weighted by Crippen LogP contribution is 2.25. The van der Waals surface area contributed by atoms with Crippen molar-refractivity contribution < 1.29 is 48.3 Å². The number of benzene rings is 4. The van der Waals surface area contributed by atoms with Gasteiger partial charge in [-0.05, 0) is 86.0 Å². The molecule has 1 aliphatic heterocycles. The first-order valence-electron chi connectivity index (χ1n) is 29.0. The fraction of sp³-hybridized carbons (Fsp3) is 0.371. The van der Waals surface area contributed by atoms with Gasteiger partial charge in [0.25, 0.3) is 0 Å². The van der Waals surface area contributed by atoms with Crippen LogP contribution in [0, 0.1) is 0 Å². The average molecular weight is 1230 g/mol. The zero-order valence-corrected chi connectivity index (χ0v) is 49.8. The van der Waals surface area contributed by atoms with Crippen molar-refractivity contribution in [2.45, 2.75) is 119 Å². The number of hydrogen-bond donors (Lipinski definition) is 15. The van der Waals surface area contributed by atoms with E-state index in [0.717, 1.165) is 32.7 Å². The van der Waals surface area contributed by atoms with E-state index < -0.39 is 108 Å². The number of hydrogen-bond acceptors (Lipinski definition) is 13. The van der Waals surface area contributed by atoms with E-state index in [9.17, 15) is 38.7 Å². The lowest BCUT2D eigenvalue weighted by atomic mass is 10.00. The highest BCUT2D eigenvalue weighted by atomic mass is 32.1. The Morgan fingerprint density at radius 1 is 0.540 bits per heavy atom. The van der Waals surface area contributed by atoms with E-state index in [1.165, 1.54) is 11.8 Å². The number of nitrogens with two attached hydrogens (primary N) is 2. The number of likely N-dealkylation sites (tertiary alicyclic amines) is 1. The third-order valence-electron chi connectivity index (χ3n) is 15.6. The highest BCUT2D eigenvalue weighted by Gasteiger charge is 2.41. The Kier molecular flexibility index (Phi) is 22.6. The van der Waals surface area contributed by atoms with E-state index >= 15 is 9.59 Å². The fourth-order valence-corrected chi connectivity index (χ4v) is 11.2. The molecule has 15 N–H and O–H groups in total. The van der Waals surface area contributed by atoms with E-state index in [1.807, 2.05) is 78.9 Å². The highest BCUT2D eigenvalue weighted by molar-refractivity contribution is 7.80. The number of fused-ring (bicyclic) bond motifs is 3. The maximum Gasteiger partial charge on any atom is 0.327 e. The summed E-state index contributed by atoms with van der Waals surface area (Å²) in [5.74, 6) is -7.16. The maximum atomic E-state index is 15.3. The molecule has 0 spiro atoms. The number of thiol groups is 2. The number of carboxylic acid groups (broad SMARTS) is 1. The van der Waals surface area contributed by atoms with Gasteiger partial charge < -0.3 is 73.6 Å². The maximum absolute atomic E-state index is 15.3. The first-order chi connectivity index (χ1) is 42.0. The zero-order chi connectivity index (χ0) is 62.1. The molecule has 1 saturated heterocycles. The molecule has 4 aromatic carbocycles. The number of aromatic nitrogens is 3. The topological polar surface area (TPSA) is 361 Å². The van der Waals surface area contributed by atoms with Gasteiger partial charge in [-0.2, -0.15) is 25.3 Å². The van der Waals surface area contributed by atoms with E-state index in [4.69, 9.17) is 11.5 Å². The number of carbonyl (C=O) groups is 9. The predicted octanol–water partition coefficient (Wildman–Crippen LogP) is 2.21. The number of nitrogens with one attached hydrogen (secondary N) is 10. The Balaban J connectivity index is 1.06. The Morgan fingerprint density at radius 2 is 0.989 bits per heavy atom. The van der Waals surface area contributed by atoms with Crippen LogP contribution in [0.1, 0.15) is 61.3 Å². The molecule has 0 bridgehead atoms. The van der Waals surface area contributed by atoms with Crippen LogP contribution < -0.4 is 48.7 Å². The number of rotatable bonds is 30. The van der Waals surface area contributed by atoms with Crippen LogP contribution in [0.5, 0.6) is 0 Å². The SMILES string of the molecule is C[C@H](NC(=O)[C@H](CCCCN)NC(=O)[C@H](Cc1c[nH]c2ccccc12)NC(=O)[C@@H]1CCCN1C(=O)[C@H](Cc1ccccc1)NC(=O)[C@H](Cc1c[nH]c2ccccc12)NC(=O)[C@H](Cc1c[nH]c2ccccc12)NC(=O)[C@@H](N)CS)C(=O)N[C@@H](CS)C(=O)O. The standard InChI is InChI=1S/C62H75N13O10S2/c1-35(54(76)74-52(34-87)62(84)85)68-56(78)47(22-11-12-24-63)69-57(79)50(29-39-32-67-46-21-10-7-18-42(39)46)72-60(82)53-23-13-25-75(53)61(83)51(26-36-14-3-2-4-15-36)73-59(81)49(28-38-31-66-45-20-9-6-17-41(38)45)71-58(80)48(70-55(77)43(64)33-86)27-37-30-65-44-19-8-5-16-40(37)44/h2-10,14-21,30-32,35,43,47-53,65-67,86-87H,11-13,22-29,33-34,63-64H2,1H3,(H,68,78)(H,69,79)(H,70,77)(H,71,80)(H,72,82)(H,73,81)(H,74,76)(H,84,85)/t35-,43-,47-,48-,49-,50-,51-,52-,53-/m0/s1. The Hall–Kier alpha value is -8.65. The lowest BCUT2D eigenvalue weighted by Gasteiger charge is -2.31. The van der Waals surface area contributed by atoms with Crippen molar-refractivity contribution in [1.82, 2.24) is 57.1 Å². The van der Waals surface area contributed by atoms with Gasteiger partial charge in [-0.25, -0.2) is 4.79 Å². The van der Waals surface area contributed by atoms with Gasteiger partial charge in [-0.3, -0.25) is 38.4 Å². The number of para-hydroxylation sites is 3. The third-order valence-corrected chi connectivity index (χ3v) is 16.4. The van der Waals surface area contributed by atoms with E-state index in [-0.39, 0.29) is 63.1 Å². The van der Waals surface area contributed by atoms with Crippen molar-refractivity contribution in [1.29, 1.82) is 0 Å². The van der Waals surface area contributed by atoms with Gasteiger partial charge in [0, 0.05) is 95.0 Å². The molecule has 8 rings (SSSR count). The van der Waals surface area contributed by atoms with Crippen molar-refractivity contribution in [3.05, 3.63) is 144 Å². The van der Waals surface area contributed by atoms with Gasteiger partial charge in [0.05, 0.1) is 6.04 Å². The van der Waals surface area contributed by atoms with Gasteiger partial charge in [0.2, 0.25) is 47.3 Å². The van der Waals surface area contributed by atoms with Crippen LogP contribution in [-0.4, -0.2) is 157 Å². The Morgan fingerprint density at radius 3 is 1.48 bits per heavy atom. The number of amides is 8. The van der Waals surface area contributed by atoms with Gasteiger partial charge in [0.15, 0.2) is 0 Å². The molecule has 1 fully saturated rings. The third kappa shape index (κ3) is 16.7. The van der Waals surface area contributed by atoms with Crippen LogP contribution in [0.3, 0.4) is 0 Å². The van der Waals surface area contributed by atoms with Gasteiger partial charge in [-0.15, -0.1) is 0 Å². The van der Waals surface area contributed by atoms with Crippen LogP contribution in [-0.2, 0) is 68.8 Å². The molecular formula is C62H75N13O10S2. The molecule has 3 aromatic heterocycles. The zero-order valence-electron chi connectivity index (χ0n) is 48.1. The van der Waals surface area contributed by atoms with Gasteiger partial charge >= 0.3 is 5.97 Å². The Labute approximate surface area is 513 Å². The smallest absolute Gasteiger partial charge is 0.327 e. The first-order valence-corrected chi connectivity index (χ1v) is 30.2. The predicted molar refractivity (Wildman–Crippen MR) is 336 cm³/mol. The molecule has 23 nitrogen and oxygen atoms in total. The molecule has 4 heterocycles. The molecule has 0 unspecified atom stereocenters. The summed E-state index contributed by atoms with van der Waals surface area (Å²) in [6, 6.07) is 20.1. The lowest BCUT2D eigenvalue weighted by Crippen LogP contribution is -2.61. The van der Waals surface area contributed by atoms with Gasteiger partial charge in [0.1, 0.15) is 48.3 Å². The van der Waals surface area contributed by atoms with Gasteiger partial charge in [-0.1, -0.05) is 84.9 Å². The number of unbranched alkanes of at least 4 members (excludes halogenated alkanes) is 1. The molecule has 8 amide bonds. The van der Waals surface area contributed by atoms with Crippen molar-refractivity contribution in [3.63, 3.8) is 0 Å². The summed E-state index contributed by atoms with van der Waals surface area (Å²) < 4.78 is 0. The van der Waals surface area contributed by atoms with Crippen LogP contribution in [0.2, 0.25) is 0 Å². The fourth-order valence-electron chi connectivity index (χ4n) is 10.8. The monoisotopic (exact) mass is 1230 g/mol. The van der Waals surface area contributed by atoms with E-state index in [0.29, 0.717) is 41.5 Å². The summed E-state index contributed by atoms with van der Waals surface area (Å²) in [5, 5.41) is 31.1. The largest absolute Gasteiger partial charge is 0.480 e. The number of carbonyl (C=O) groups excluding carboxylic acids is 8. The van der Waals surface area contributed by atoms with Crippen molar-refractivity contribution >= 4 is 111 Å². The second kappa shape index (κ2) is 30.6. The summed E-state index contributed by atoms with van der Waals surface area (Å²) in [4.78, 5) is 138. The molecule has 460 valence electrons. The second-order valence-corrected chi connectivity index (χ2v) is 22.5. The number of nitrogens with zero attached hydrogens (tertiary/aromatic N) is 1. The minimum atomic E-state index is -1.34. The molecule has 1 aliphatic rings. The van der Waals surface area contributed by atoms with Crippen molar-refractivity contribution in [2.24, 2.45) is 11.5 Å². The number of aromatic amines is 3. The average Bonchev–Trinajstić information content (AvgIpc) is 2.35. The number of carboxylic acids is 1. The second-order valence-electron chi connectivity index (χ2n) is 21.8. The van der Waals surface area contributed by atoms with Crippen LogP contribution >= 0.6 is 25.3 Å². The lowest BCUT2D eigenvalue weighted by molar-refractivity contribution is -0.142. The normalized spacial score (nSPS) is 15.9. The van der Waals surface area contributed by atoms with Crippen LogP contribution in [0.25, 0.3) is 32.7 Å². The van der Waals surface area contributed by atoms with Crippen LogP contribution in [0.15, 0.2) is 122 Å². The van der Waals surface area contributed by atoms with E-state index in [2.05, 4.69) is 77.4 Å². The number of aliphatic carboxylic acids is 1. The minimum Gasteiger partial charge on any atom is -0.480 e. The summed E-state index contributed by atoms with van der Waals surface area (Å²) >= 11 is 8.21. The van der Waals surface area contributed by atoms with Crippen LogP contribution in [0.4, 0.5) is 0 Å². The summed E-state index contributed by atoms with van der Waals surface area (Å²) in [6.07, 6.45) is 6.60. The number of H-pyrrole nitrogens is 3. The first kappa shape index (κ1) is 64.4. The molecule has 25 heteroatoms. The summed E-state index contributed by atoms with van der Waals surface area (Å²) in [6.45, 7) is 1.76. The molecule has 7 aromatic rings. The molecule has 9 atom stereocenters. The van der Waals surface area contributed by atoms with Crippen molar-refractivity contribution in [3.8, 4) is 0 Å². The minimum absolute atomic E-state index is 0.00573. The molecule has 87 heavy (non-hydrogen) atoms. The van der Waals surface area contributed by atoms with Crippen molar-refractivity contribution in [2.75, 3.05) is 24.6 Å². The molecule has 0 saturated carbocycles. The van der Waals surface area contributed by atoms with E-state index in [1.54, 1.807) is 42.9 Å². The summed E-state index contributed by atoms with van der Waals surface area (Å²) in [5.41, 5.74) is 17.0. The molecular weight excluding hydrogens is 1150 g/mol. The molecule has 0 aliphatic carbocycles. The Bertz CT molecular complexity index is 3570. The molecule has 0 radical (unpaired) electrons.